The van der Waals surface area contributed by atoms with Crippen molar-refractivity contribution in [1.29, 1.82) is 0 Å². The molecular formula is C14H12Br2O. The summed E-state index contributed by atoms with van der Waals surface area (Å²) < 4.78 is 1.93. The van der Waals surface area contributed by atoms with E-state index in [1.165, 1.54) is 0 Å². The topological polar surface area (TPSA) is 20.2 Å². The number of hydrogen-bond donors (Lipinski definition) is 1. The first kappa shape index (κ1) is 12.8. The maximum absolute atomic E-state index is 10.2. The summed E-state index contributed by atoms with van der Waals surface area (Å²) in [6, 6.07) is 15.8. The number of rotatable bonds is 3. The van der Waals surface area contributed by atoms with Gasteiger partial charge in [0.05, 0.1) is 6.10 Å². The van der Waals surface area contributed by atoms with Crippen molar-refractivity contribution in [3.63, 3.8) is 0 Å². The Hall–Kier alpha value is -0.640. The van der Waals surface area contributed by atoms with Crippen molar-refractivity contribution in [1.82, 2.24) is 0 Å². The lowest BCUT2D eigenvalue weighted by atomic mass is 10.0. The van der Waals surface area contributed by atoms with Crippen LogP contribution in [0, 0.1) is 0 Å². The number of aliphatic hydroxyl groups is 1. The third-order valence-electron chi connectivity index (χ3n) is 2.54. The summed E-state index contributed by atoms with van der Waals surface area (Å²) in [5.41, 5.74) is 2.05. The van der Waals surface area contributed by atoms with Crippen molar-refractivity contribution in [2.45, 2.75) is 12.5 Å². The summed E-state index contributed by atoms with van der Waals surface area (Å²) in [5, 5.41) is 10.2. The molecular weight excluding hydrogens is 344 g/mol. The fourth-order valence-electron chi connectivity index (χ4n) is 1.72. The summed E-state index contributed by atoms with van der Waals surface area (Å²) in [4.78, 5) is 0. The molecule has 0 saturated heterocycles. The third kappa shape index (κ3) is 3.66. The molecule has 0 heterocycles. The Balaban J connectivity index is 2.17. The van der Waals surface area contributed by atoms with Gasteiger partial charge < -0.3 is 5.11 Å². The van der Waals surface area contributed by atoms with Crippen LogP contribution in [0.1, 0.15) is 17.2 Å². The van der Waals surface area contributed by atoms with E-state index in [9.17, 15) is 5.11 Å². The van der Waals surface area contributed by atoms with E-state index in [1.54, 1.807) is 0 Å². The Labute approximate surface area is 118 Å². The molecule has 2 rings (SSSR count). The van der Waals surface area contributed by atoms with Gasteiger partial charge in [-0.05, 0) is 29.3 Å². The van der Waals surface area contributed by atoms with Gasteiger partial charge in [0.2, 0.25) is 0 Å². The first-order valence-corrected chi connectivity index (χ1v) is 6.92. The average molecular weight is 356 g/mol. The maximum Gasteiger partial charge on any atom is 0.0831 e. The summed E-state index contributed by atoms with van der Waals surface area (Å²) in [6.07, 6.45) is 0.148. The molecule has 88 valence electrons. The Bertz CT molecular complexity index is 477. The lowest BCUT2D eigenvalue weighted by Gasteiger charge is -2.12. The average Bonchev–Trinajstić information content (AvgIpc) is 2.29. The molecule has 1 unspecified atom stereocenters. The molecule has 0 aromatic heterocycles. The third-order valence-corrected chi connectivity index (χ3v) is 3.46. The summed E-state index contributed by atoms with van der Waals surface area (Å²) in [5.74, 6) is 0. The van der Waals surface area contributed by atoms with E-state index in [-0.39, 0.29) is 0 Å². The van der Waals surface area contributed by atoms with Gasteiger partial charge in [0.1, 0.15) is 0 Å². The van der Waals surface area contributed by atoms with E-state index in [1.807, 2.05) is 48.5 Å². The molecule has 0 aliphatic heterocycles. The van der Waals surface area contributed by atoms with Gasteiger partial charge in [0.25, 0.3) is 0 Å². The van der Waals surface area contributed by atoms with Crippen molar-refractivity contribution < 1.29 is 5.11 Å². The molecule has 1 atom stereocenters. The van der Waals surface area contributed by atoms with Gasteiger partial charge in [-0.25, -0.2) is 0 Å². The van der Waals surface area contributed by atoms with Crippen molar-refractivity contribution in [3.05, 3.63) is 68.6 Å². The highest BCUT2D eigenvalue weighted by molar-refractivity contribution is 9.11. The van der Waals surface area contributed by atoms with Gasteiger partial charge in [0, 0.05) is 15.4 Å². The second-order valence-electron chi connectivity index (χ2n) is 3.91. The second-order valence-corrected chi connectivity index (χ2v) is 5.74. The van der Waals surface area contributed by atoms with Crippen molar-refractivity contribution >= 4 is 31.9 Å². The largest absolute Gasteiger partial charge is 0.388 e. The van der Waals surface area contributed by atoms with Crippen LogP contribution in [-0.4, -0.2) is 5.11 Å². The molecule has 3 heteroatoms. The van der Waals surface area contributed by atoms with Crippen molar-refractivity contribution in [2.24, 2.45) is 0 Å². The molecule has 0 aliphatic carbocycles. The highest BCUT2D eigenvalue weighted by Crippen LogP contribution is 2.26. The lowest BCUT2D eigenvalue weighted by molar-refractivity contribution is 0.178. The zero-order chi connectivity index (χ0) is 12.3. The monoisotopic (exact) mass is 354 g/mol. The highest BCUT2D eigenvalue weighted by Gasteiger charge is 2.09. The maximum atomic E-state index is 10.2. The first-order valence-electron chi connectivity index (χ1n) is 5.33. The fraction of sp³-hybridized carbons (Fsp3) is 0.143. The normalized spacial score (nSPS) is 12.4. The molecule has 0 radical (unpaired) electrons. The minimum atomic E-state index is -0.480. The molecule has 1 nitrogen and oxygen atoms in total. The molecule has 0 fully saturated rings. The van der Waals surface area contributed by atoms with E-state index < -0.39 is 6.10 Å². The van der Waals surface area contributed by atoms with Crippen LogP contribution in [0.25, 0.3) is 0 Å². The summed E-state index contributed by atoms with van der Waals surface area (Å²) in [6.45, 7) is 0. The summed E-state index contributed by atoms with van der Waals surface area (Å²) >= 11 is 6.85. The number of hydrogen-bond acceptors (Lipinski definition) is 1. The summed E-state index contributed by atoms with van der Waals surface area (Å²) in [7, 11) is 0. The molecule has 0 bridgehead atoms. The molecule has 17 heavy (non-hydrogen) atoms. The van der Waals surface area contributed by atoms with Crippen LogP contribution in [0.15, 0.2) is 57.5 Å². The molecule has 0 saturated carbocycles. The van der Waals surface area contributed by atoms with Gasteiger partial charge in [-0.15, -0.1) is 0 Å². The van der Waals surface area contributed by atoms with E-state index in [2.05, 4.69) is 31.9 Å². The Morgan fingerprint density at radius 3 is 2.12 bits per heavy atom. The Morgan fingerprint density at radius 1 is 0.941 bits per heavy atom. The zero-order valence-electron chi connectivity index (χ0n) is 9.11. The smallest absolute Gasteiger partial charge is 0.0831 e. The number of halogens is 2. The van der Waals surface area contributed by atoms with Gasteiger partial charge in [-0.3, -0.25) is 0 Å². The minimum absolute atomic E-state index is 0.480. The molecule has 0 spiro atoms. The van der Waals surface area contributed by atoms with Crippen molar-refractivity contribution in [3.8, 4) is 0 Å². The van der Waals surface area contributed by atoms with Gasteiger partial charge in [-0.1, -0.05) is 62.2 Å². The molecule has 0 amide bonds. The predicted molar refractivity (Wildman–Crippen MR) is 76.9 cm³/mol. The molecule has 1 N–H and O–H groups in total. The van der Waals surface area contributed by atoms with Crippen molar-refractivity contribution in [2.75, 3.05) is 0 Å². The quantitative estimate of drug-likeness (QED) is 0.860. The van der Waals surface area contributed by atoms with E-state index in [4.69, 9.17) is 0 Å². The van der Waals surface area contributed by atoms with Gasteiger partial charge in [-0.2, -0.15) is 0 Å². The van der Waals surface area contributed by atoms with E-state index in [0.717, 1.165) is 20.1 Å². The number of benzene rings is 2. The SMILES string of the molecule is OC(Cc1ccccc1)c1cc(Br)cc(Br)c1. The van der Waals surface area contributed by atoms with Crippen LogP contribution in [0.4, 0.5) is 0 Å². The van der Waals surface area contributed by atoms with Crippen LogP contribution in [-0.2, 0) is 6.42 Å². The molecule has 0 aliphatic rings. The Kier molecular flexibility index (Phi) is 4.37. The van der Waals surface area contributed by atoms with Gasteiger partial charge >= 0.3 is 0 Å². The highest BCUT2D eigenvalue weighted by atomic mass is 79.9. The van der Waals surface area contributed by atoms with Crippen LogP contribution >= 0.6 is 31.9 Å². The second kappa shape index (κ2) is 5.80. The van der Waals surface area contributed by atoms with Crippen LogP contribution in [0.5, 0.6) is 0 Å². The number of aliphatic hydroxyl groups excluding tert-OH is 1. The predicted octanol–water partition coefficient (Wildman–Crippen LogP) is 4.49. The molecule has 2 aromatic carbocycles. The van der Waals surface area contributed by atoms with Crippen LogP contribution < -0.4 is 0 Å². The fourth-order valence-corrected chi connectivity index (χ4v) is 3.05. The first-order chi connectivity index (χ1) is 8.15. The minimum Gasteiger partial charge on any atom is -0.388 e. The van der Waals surface area contributed by atoms with E-state index in [0.29, 0.717) is 6.42 Å². The standard InChI is InChI=1S/C14H12Br2O/c15-12-7-11(8-13(16)9-12)14(17)6-10-4-2-1-3-5-10/h1-5,7-9,14,17H,6H2. The zero-order valence-corrected chi connectivity index (χ0v) is 12.3. The molecule has 2 aromatic rings. The lowest BCUT2D eigenvalue weighted by Crippen LogP contribution is -2.01. The Morgan fingerprint density at radius 2 is 1.53 bits per heavy atom. The van der Waals surface area contributed by atoms with Crippen LogP contribution in [0.3, 0.4) is 0 Å². The van der Waals surface area contributed by atoms with Gasteiger partial charge in [0.15, 0.2) is 0 Å². The van der Waals surface area contributed by atoms with Crippen LogP contribution in [0.2, 0.25) is 0 Å². The van der Waals surface area contributed by atoms with E-state index >= 15 is 0 Å².